The molecule has 0 bridgehead atoms. The first kappa shape index (κ1) is 17.4. The smallest absolute Gasteiger partial charge is 0.229 e. The van der Waals surface area contributed by atoms with Crippen LogP contribution in [0.4, 0.5) is 0 Å². The standard InChI is InChI=1S/C22H30N4O/c23-17-9-7-16(8-10-17)20-25-21(26-27-20)22(11-4-12-22)14-24-19-13-18(19)15-5-2-1-3-6-15/h1-3,5-6,16-19,24H,4,7-14,23H2/t16?,17?,18-,19+/m0/s1. The third-order valence-corrected chi connectivity index (χ3v) is 7.07. The van der Waals surface area contributed by atoms with Crippen LogP contribution in [0.5, 0.6) is 0 Å². The van der Waals surface area contributed by atoms with Gasteiger partial charge in [0.2, 0.25) is 5.89 Å². The predicted octanol–water partition coefficient (Wildman–Crippen LogP) is 3.62. The van der Waals surface area contributed by atoms with Crippen molar-refractivity contribution < 1.29 is 4.52 Å². The molecule has 0 spiro atoms. The first-order chi connectivity index (χ1) is 13.2. The van der Waals surface area contributed by atoms with E-state index in [-0.39, 0.29) is 5.41 Å². The highest BCUT2D eigenvalue weighted by Gasteiger charge is 2.46. The Hall–Kier alpha value is -1.72. The zero-order chi connectivity index (χ0) is 18.3. The van der Waals surface area contributed by atoms with Crippen molar-refractivity contribution in [2.75, 3.05) is 6.54 Å². The number of nitrogens with one attached hydrogen (secondary N) is 1. The van der Waals surface area contributed by atoms with Crippen molar-refractivity contribution in [1.82, 2.24) is 15.5 Å². The molecular formula is C22H30N4O. The fourth-order valence-electron chi connectivity index (χ4n) is 4.88. The Balaban J connectivity index is 1.21. The highest BCUT2D eigenvalue weighted by atomic mass is 16.5. The summed E-state index contributed by atoms with van der Waals surface area (Å²) in [5.74, 6) is 2.84. The average Bonchev–Trinajstić information content (AvgIpc) is 3.28. The number of nitrogens with zero attached hydrogens (tertiary/aromatic N) is 2. The van der Waals surface area contributed by atoms with E-state index in [1.165, 1.54) is 18.4 Å². The monoisotopic (exact) mass is 366 g/mol. The summed E-state index contributed by atoms with van der Waals surface area (Å²) >= 11 is 0. The number of nitrogens with two attached hydrogens (primary N) is 1. The predicted molar refractivity (Wildman–Crippen MR) is 105 cm³/mol. The van der Waals surface area contributed by atoms with Crippen molar-refractivity contribution in [3.8, 4) is 0 Å². The van der Waals surface area contributed by atoms with Crippen LogP contribution in [0.25, 0.3) is 0 Å². The van der Waals surface area contributed by atoms with Gasteiger partial charge in [-0.1, -0.05) is 41.9 Å². The molecule has 3 N–H and O–H groups in total. The van der Waals surface area contributed by atoms with Crippen molar-refractivity contribution in [3.63, 3.8) is 0 Å². The average molecular weight is 367 g/mol. The quantitative estimate of drug-likeness (QED) is 0.816. The van der Waals surface area contributed by atoms with Crippen molar-refractivity contribution in [3.05, 3.63) is 47.6 Å². The van der Waals surface area contributed by atoms with E-state index in [4.69, 9.17) is 15.2 Å². The van der Waals surface area contributed by atoms with Crippen LogP contribution in [0.15, 0.2) is 34.9 Å². The molecule has 3 fully saturated rings. The van der Waals surface area contributed by atoms with Gasteiger partial charge in [-0.25, -0.2) is 0 Å². The molecule has 1 aromatic carbocycles. The Morgan fingerprint density at radius 3 is 2.59 bits per heavy atom. The van der Waals surface area contributed by atoms with Gasteiger partial charge in [-0.15, -0.1) is 0 Å². The minimum absolute atomic E-state index is 0.0800. The Morgan fingerprint density at radius 2 is 1.89 bits per heavy atom. The van der Waals surface area contributed by atoms with Gasteiger partial charge >= 0.3 is 0 Å². The zero-order valence-electron chi connectivity index (χ0n) is 15.9. The number of rotatable bonds is 6. The molecule has 144 valence electrons. The molecule has 5 heteroatoms. The minimum Gasteiger partial charge on any atom is -0.339 e. The second-order valence-electron chi connectivity index (χ2n) is 8.94. The summed E-state index contributed by atoms with van der Waals surface area (Å²) in [4.78, 5) is 4.87. The fraction of sp³-hybridized carbons (Fsp3) is 0.636. The number of hydrogen-bond donors (Lipinski definition) is 2. The van der Waals surface area contributed by atoms with Gasteiger partial charge < -0.3 is 15.6 Å². The molecule has 0 radical (unpaired) electrons. The van der Waals surface area contributed by atoms with Gasteiger partial charge in [0.1, 0.15) is 0 Å². The number of hydrogen-bond acceptors (Lipinski definition) is 5. The molecule has 2 atom stereocenters. The van der Waals surface area contributed by atoms with E-state index >= 15 is 0 Å². The fourth-order valence-corrected chi connectivity index (χ4v) is 4.88. The lowest BCUT2D eigenvalue weighted by atomic mass is 9.68. The van der Waals surface area contributed by atoms with Gasteiger partial charge in [-0.2, -0.15) is 4.98 Å². The van der Waals surface area contributed by atoms with Crippen LogP contribution in [-0.2, 0) is 5.41 Å². The lowest BCUT2D eigenvalue weighted by molar-refractivity contribution is 0.210. The molecule has 5 rings (SSSR count). The summed E-state index contributed by atoms with van der Waals surface area (Å²) in [6.45, 7) is 0.968. The van der Waals surface area contributed by atoms with E-state index in [1.54, 1.807) is 0 Å². The summed E-state index contributed by atoms with van der Waals surface area (Å²) < 4.78 is 5.70. The second kappa shape index (κ2) is 7.02. The first-order valence-corrected chi connectivity index (χ1v) is 10.6. The van der Waals surface area contributed by atoms with Crippen molar-refractivity contribution in [2.24, 2.45) is 5.73 Å². The zero-order valence-corrected chi connectivity index (χ0v) is 15.9. The molecule has 0 unspecified atom stereocenters. The van der Waals surface area contributed by atoms with Crippen LogP contribution >= 0.6 is 0 Å². The molecule has 0 aliphatic heterocycles. The van der Waals surface area contributed by atoms with Gasteiger partial charge in [-0.05, 0) is 50.5 Å². The normalized spacial score (nSPS) is 32.0. The molecular weight excluding hydrogens is 336 g/mol. The highest BCUT2D eigenvalue weighted by molar-refractivity contribution is 5.28. The summed E-state index contributed by atoms with van der Waals surface area (Å²) in [7, 11) is 0. The van der Waals surface area contributed by atoms with E-state index in [9.17, 15) is 0 Å². The van der Waals surface area contributed by atoms with Crippen molar-refractivity contribution in [2.45, 2.75) is 80.7 Å². The summed E-state index contributed by atoms with van der Waals surface area (Å²) in [6, 6.07) is 11.8. The number of aromatic nitrogens is 2. The van der Waals surface area contributed by atoms with Crippen LogP contribution in [0.1, 0.15) is 80.5 Å². The van der Waals surface area contributed by atoms with Gasteiger partial charge in [-0.3, -0.25) is 0 Å². The van der Waals surface area contributed by atoms with Crippen LogP contribution in [-0.4, -0.2) is 28.8 Å². The van der Waals surface area contributed by atoms with Gasteiger partial charge in [0.05, 0.1) is 0 Å². The number of benzene rings is 1. The SMILES string of the molecule is NC1CCC(c2nc(C3(CN[C@@H]4C[C@H]4c4ccccc4)CCC3)no2)CC1. The van der Waals surface area contributed by atoms with E-state index in [1.807, 2.05) is 0 Å². The lowest BCUT2D eigenvalue weighted by Gasteiger charge is -2.39. The molecule has 0 amide bonds. The molecule has 3 saturated carbocycles. The minimum atomic E-state index is 0.0800. The van der Waals surface area contributed by atoms with E-state index in [0.29, 0.717) is 23.9 Å². The molecule has 0 saturated heterocycles. The molecule has 2 aromatic rings. The third kappa shape index (κ3) is 3.43. The largest absolute Gasteiger partial charge is 0.339 e. The Morgan fingerprint density at radius 1 is 1.11 bits per heavy atom. The maximum Gasteiger partial charge on any atom is 0.229 e. The molecule has 1 aromatic heterocycles. The van der Waals surface area contributed by atoms with Crippen LogP contribution in [0.2, 0.25) is 0 Å². The molecule has 3 aliphatic rings. The van der Waals surface area contributed by atoms with E-state index in [0.717, 1.165) is 56.8 Å². The Labute approximate surface area is 161 Å². The maximum atomic E-state index is 6.03. The summed E-state index contributed by atoms with van der Waals surface area (Å²) in [6.07, 6.45) is 9.12. The second-order valence-corrected chi connectivity index (χ2v) is 8.94. The summed E-state index contributed by atoms with van der Waals surface area (Å²) in [5, 5.41) is 8.23. The molecule has 5 nitrogen and oxygen atoms in total. The van der Waals surface area contributed by atoms with Gasteiger partial charge in [0.15, 0.2) is 5.82 Å². The van der Waals surface area contributed by atoms with Gasteiger partial charge in [0.25, 0.3) is 0 Å². The van der Waals surface area contributed by atoms with Crippen molar-refractivity contribution in [1.29, 1.82) is 0 Å². The topological polar surface area (TPSA) is 77.0 Å². The van der Waals surface area contributed by atoms with Crippen LogP contribution < -0.4 is 11.1 Å². The Kier molecular flexibility index (Phi) is 4.52. The highest BCUT2D eigenvalue weighted by Crippen LogP contribution is 2.45. The molecule has 27 heavy (non-hydrogen) atoms. The molecule has 3 aliphatic carbocycles. The molecule has 1 heterocycles. The van der Waals surface area contributed by atoms with E-state index < -0.39 is 0 Å². The van der Waals surface area contributed by atoms with E-state index in [2.05, 4.69) is 40.8 Å². The van der Waals surface area contributed by atoms with Crippen molar-refractivity contribution >= 4 is 0 Å². The van der Waals surface area contributed by atoms with Crippen LogP contribution in [0.3, 0.4) is 0 Å². The lowest BCUT2D eigenvalue weighted by Crippen LogP contribution is -2.45. The van der Waals surface area contributed by atoms with Crippen LogP contribution in [0, 0.1) is 0 Å². The maximum absolute atomic E-state index is 6.03. The Bertz CT molecular complexity index is 762. The summed E-state index contributed by atoms with van der Waals surface area (Å²) in [5.41, 5.74) is 7.57. The first-order valence-electron chi connectivity index (χ1n) is 10.6. The van der Waals surface area contributed by atoms with Gasteiger partial charge in [0, 0.05) is 35.9 Å². The third-order valence-electron chi connectivity index (χ3n) is 7.07.